The number of hydrogen-bond donors (Lipinski definition) is 0. The molecule has 0 heterocycles. The topological polar surface area (TPSA) is 0 Å². The zero-order valence-corrected chi connectivity index (χ0v) is 16.3. The van der Waals surface area contributed by atoms with Crippen molar-refractivity contribution in [3.63, 3.8) is 0 Å². The van der Waals surface area contributed by atoms with E-state index in [2.05, 4.69) is 65.8 Å². The predicted octanol–water partition coefficient (Wildman–Crippen LogP) is 2.54. The Kier molecular flexibility index (Phi) is 6.20. The Labute approximate surface area is 142 Å². The van der Waals surface area contributed by atoms with Crippen LogP contribution in [0, 0.1) is 41.5 Å². The second-order valence-electron chi connectivity index (χ2n) is 5.77. The van der Waals surface area contributed by atoms with Gasteiger partial charge in [0.15, 0.2) is 0 Å². The second kappa shape index (κ2) is 7.03. The van der Waals surface area contributed by atoms with Crippen molar-refractivity contribution in [2.75, 3.05) is 0 Å². The van der Waals surface area contributed by atoms with Crippen LogP contribution in [0.1, 0.15) is 33.4 Å². The maximum absolute atomic E-state index is 2.33. The van der Waals surface area contributed by atoms with Crippen molar-refractivity contribution in [2.45, 2.75) is 41.5 Å². The van der Waals surface area contributed by atoms with Gasteiger partial charge in [-0.05, 0) is 0 Å². The van der Waals surface area contributed by atoms with Crippen molar-refractivity contribution in [2.24, 2.45) is 0 Å². The van der Waals surface area contributed by atoms with Gasteiger partial charge in [0.2, 0.25) is 0 Å². The minimum atomic E-state index is -0.561. The first kappa shape index (κ1) is 17.6. The molecule has 2 rings (SSSR count). The zero-order valence-electron chi connectivity index (χ0n) is 13.9. The van der Waals surface area contributed by atoms with Crippen molar-refractivity contribution >= 4 is 43.1 Å². The zero-order chi connectivity index (χ0) is 14.2. The van der Waals surface area contributed by atoms with Crippen LogP contribution in [0.4, 0.5) is 0 Å². The largest absolute Gasteiger partial charge is 0 e. The maximum atomic E-state index is 2.33. The van der Waals surface area contributed by atoms with Gasteiger partial charge in [0.05, 0.1) is 0 Å². The smallest absolute Gasteiger partial charge is 0 e. The summed E-state index contributed by atoms with van der Waals surface area (Å²) < 4.78 is 3.29. The number of benzene rings is 2. The van der Waals surface area contributed by atoms with Crippen LogP contribution in [-0.4, -0.2) is 34.3 Å². The fourth-order valence-corrected chi connectivity index (χ4v) is 6.20. The molecule has 0 unspecified atom stereocenters. The summed E-state index contributed by atoms with van der Waals surface area (Å²) in [4.78, 5) is 0. The van der Waals surface area contributed by atoms with Gasteiger partial charge in [-0.25, -0.2) is 0 Å². The molecule has 20 heavy (non-hydrogen) atoms. The van der Waals surface area contributed by atoms with Crippen LogP contribution in [0.2, 0.25) is 0 Å². The van der Waals surface area contributed by atoms with E-state index in [0.717, 1.165) is 0 Å². The Morgan fingerprint density at radius 2 is 0.800 bits per heavy atom. The van der Waals surface area contributed by atoms with Gasteiger partial charge in [0, 0.05) is 18.9 Å². The van der Waals surface area contributed by atoms with Gasteiger partial charge in [0.1, 0.15) is 0 Å². The molecule has 2 aromatic rings. The monoisotopic (exact) mass is 320 g/mol. The Hall–Kier alpha value is -0.420. The average molecular weight is 319 g/mol. The summed E-state index contributed by atoms with van der Waals surface area (Å²) in [5.74, 6) is 0. The average Bonchev–Trinajstić information content (AvgIpc) is 2.25. The molecular formula is C18H23GeLi. The van der Waals surface area contributed by atoms with Gasteiger partial charge in [0.25, 0.3) is 0 Å². The van der Waals surface area contributed by atoms with E-state index in [1.165, 1.54) is 33.4 Å². The van der Waals surface area contributed by atoms with Crippen LogP contribution in [0.3, 0.4) is 0 Å². The summed E-state index contributed by atoms with van der Waals surface area (Å²) in [5, 5.41) is 0. The normalized spacial score (nSPS) is 10.3. The third kappa shape index (κ3) is 3.82. The van der Waals surface area contributed by atoms with Crippen LogP contribution in [0.25, 0.3) is 0 Å². The third-order valence-electron chi connectivity index (χ3n) is 3.76. The van der Waals surface area contributed by atoms with E-state index in [1.807, 2.05) is 0 Å². The van der Waals surface area contributed by atoms with Crippen molar-refractivity contribution in [1.29, 1.82) is 0 Å². The van der Waals surface area contributed by atoms with Gasteiger partial charge in [-0.15, -0.1) is 0 Å². The SMILES string of the molecule is Cc1cc(C)[c]([GeH][c]2c(C)cc(C)cc2C)c(C)c1.[Li]. The predicted molar refractivity (Wildman–Crippen MR) is 93.5 cm³/mol. The molecule has 0 N–H and O–H groups in total. The van der Waals surface area contributed by atoms with Gasteiger partial charge < -0.3 is 0 Å². The molecule has 0 saturated heterocycles. The minimum absolute atomic E-state index is 0. The molecule has 0 fully saturated rings. The Morgan fingerprint density at radius 1 is 0.550 bits per heavy atom. The minimum Gasteiger partial charge on any atom is 0 e. The van der Waals surface area contributed by atoms with Gasteiger partial charge >= 0.3 is 123 Å². The number of aryl methyl sites for hydroxylation is 6. The Bertz CT molecular complexity index is 528. The molecule has 100 valence electrons. The molecule has 0 aromatic heterocycles. The fraction of sp³-hybridized carbons (Fsp3) is 0.333. The van der Waals surface area contributed by atoms with Crippen LogP contribution >= 0.6 is 0 Å². The fourth-order valence-electron chi connectivity index (χ4n) is 2.98. The van der Waals surface area contributed by atoms with Gasteiger partial charge in [-0.3, -0.25) is 0 Å². The molecule has 0 spiro atoms. The van der Waals surface area contributed by atoms with E-state index in [-0.39, 0.29) is 18.9 Å². The molecule has 0 saturated carbocycles. The van der Waals surface area contributed by atoms with E-state index in [0.29, 0.717) is 0 Å². The molecule has 2 aromatic carbocycles. The van der Waals surface area contributed by atoms with Crippen molar-refractivity contribution < 1.29 is 0 Å². The van der Waals surface area contributed by atoms with E-state index in [1.54, 1.807) is 8.79 Å². The first-order valence-corrected chi connectivity index (χ1v) is 9.31. The summed E-state index contributed by atoms with van der Waals surface area (Å²) >= 11 is -0.561. The summed E-state index contributed by atoms with van der Waals surface area (Å²) in [5.41, 5.74) is 8.70. The van der Waals surface area contributed by atoms with Crippen molar-refractivity contribution in [3.05, 3.63) is 57.6 Å². The number of hydrogen-bond acceptors (Lipinski definition) is 0. The molecular weight excluding hydrogens is 296 g/mol. The third-order valence-corrected chi connectivity index (χ3v) is 8.80. The first-order valence-electron chi connectivity index (χ1n) is 6.89. The summed E-state index contributed by atoms with van der Waals surface area (Å²) in [6.07, 6.45) is 0. The van der Waals surface area contributed by atoms with E-state index >= 15 is 0 Å². The molecule has 0 aliphatic carbocycles. The standard InChI is InChI=1S/C18H23Ge.Li/c1-11-7-13(3)17(14(4)8-11)19-18-15(5)9-12(2)10-16(18)6;/h7-10,19H,1-6H3;. The first-order chi connectivity index (χ1) is 8.88. The quantitative estimate of drug-likeness (QED) is 0.747. The van der Waals surface area contributed by atoms with Gasteiger partial charge in [-0.1, -0.05) is 0 Å². The molecule has 0 atom stereocenters. The molecule has 0 nitrogen and oxygen atoms in total. The molecule has 0 aliphatic rings. The van der Waals surface area contributed by atoms with Crippen LogP contribution in [0.5, 0.6) is 0 Å². The van der Waals surface area contributed by atoms with E-state index in [4.69, 9.17) is 0 Å². The second-order valence-corrected chi connectivity index (χ2v) is 8.80. The van der Waals surface area contributed by atoms with Crippen molar-refractivity contribution in [3.8, 4) is 0 Å². The number of rotatable bonds is 2. The van der Waals surface area contributed by atoms with Crippen LogP contribution in [-0.2, 0) is 0 Å². The molecule has 0 amide bonds. The Balaban J connectivity index is 0.00000200. The maximum Gasteiger partial charge on any atom is 0 e. The molecule has 2 heteroatoms. The summed E-state index contributed by atoms with van der Waals surface area (Å²) in [7, 11) is 0. The summed E-state index contributed by atoms with van der Waals surface area (Å²) in [6, 6.07) is 9.33. The van der Waals surface area contributed by atoms with E-state index in [9.17, 15) is 0 Å². The van der Waals surface area contributed by atoms with Crippen molar-refractivity contribution in [1.82, 2.24) is 0 Å². The van der Waals surface area contributed by atoms with Crippen LogP contribution in [0.15, 0.2) is 24.3 Å². The molecule has 2 radical (unpaired) electrons. The van der Waals surface area contributed by atoms with Crippen LogP contribution < -0.4 is 8.79 Å². The van der Waals surface area contributed by atoms with E-state index < -0.39 is 15.4 Å². The molecule has 0 bridgehead atoms. The summed E-state index contributed by atoms with van der Waals surface area (Å²) in [6.45, 7) is 13.5. The van der Waals surface area contributed by atoms with Gasteiger partial charge in [-0.2, -0.15) is 0 Å². The molecule has 0 aliphatic heterocycles. The Morgan fingerprint density at radius 3 is 1.05 bits per heavy atom.